The molecule has 1 aliphatic heterocycles. The standard InChI is InChI=1S/C18H24N2O4/c1-13(20(22)23)17(15-10-6-3-7-11-15)19-16(12-24-18(19)21)14-8-4-2-5-9-14/h2,4-5,8-9,13,15-17H,3,6-7,10-12H2,1H3/t13-,16-,17+/m0/s1. The van der Waals surface area contributed by atoms with E-state index in [1.165, 1.54) is 6.42 Å². The summed E-state index contributed by atoms with van der Waals surface area (Å²) in [6.45, 7) is 1.88. The topological polar surface area (TPSA) is 72.7 Å². The van der Waals surface area contributed by atoms with E-state index in [-0.39, 0.29) is 23.5 Å². The number of carbonyl (C=O) groups is 1. The second kappa shape index (κ2) is 7.20. The second-order valence-electron chi connectivity index (χ2n) is 6.83. The highest BCUT2D eigenvalue weighted by molar-refractivity contribution is 5.71. The Morgan fingerprint density at radius 2 is 1.88 bits per heavy atom. The summed E-state index contributed by atoms with van der Waals surface area (Å²) in [7, 11) is 0. The van der Waals surface area contributed by atoms with Gasteiger partial charge in [-0.1, -0.05) is 49.6 Å². The van der Waals surface area contributed by atoms with Crippen LogP contribution in [0.1, 0.15) is 50.6 Å². The average molecular weight is 332 g/mol. The lowest BCUT2D eigenvalue weighted by Crippen LogP contribution is -2.51. The molecule has 130 valence electrons. The molecule has 2 fully saturated rings. The molecule has 3 rings (SSSR count). The highest BCUT2D eigenvalue weighted by atomic mass is 16.6. The molecule has 3 atom stereocenters. The van der Waals surface area contributed by atoms with Crippen molar-refractivity contribution in [3.05, 3.63) is 46.0 Å². The Balaban J connectivity index is 1.94. The lowest BCUT2D eigenvalue weighted by molar-refractivity contribution is -0.527. The Hall–Kier alpha value is -2.11. The van der Waals surface area contributed by atoms with Crippen LogP contribution in [0.3, 0.4) is 0 Å². The van der Waals surface area contributed by atoms with Gasteiger partial charge in [0.2, 0.25) is 6.04 Å². The van der Waals surface area contributed by atoms with Crippen molar-refractivity contribution in [1.82, 2.24) is 4.90 Å². The Kier molecular flexibility index (Phi) is 5.02. The van der Waals surface area contributed by atoms with Gasteiger partial charge in [-0.2, -0.15) is 0 Å². The average Bonchev–Trinajstić information content (AvgIpc) is 2.98. The summed E-state index contributed by atoms with van der Waals surface area (Å²) in [5.41, 5.74) is 0.972. The molecule has 1 saturated carbocycles. The molecule has 1 aliphatic carbocycles. The summed E-state index contributed by atoms with van der Waals surface area (Å²) in [4.78, 5) is 25.4. The molecular weight excluding hydrogens is 308 g/mol. The van der Waals surface area contributed by atoms with Crippen LogP contribution in [0.15, 0.2) is 30.3 Å². The first-order valence-corrected chi connectivity index (χ1v) is 8.73. The highest BCUT2D eigenvalue weighted by Crippen LogP contribution is 2.38. The fraction of sp³-hybridized carbons (Fsp3) is 0.611. The molecule has 1 aromatic carbocycles. The molecule has 0 bridgehead atoms. The van der Waals surface area contributed by atoms with Gasteiger partial charge in [-0.3, -0.25) is 15.0 Å². The Bertz CT molecular complexity index is 586. The summed E-state index contributed by atoms with van der Waals surface area (Å²) >= 11 is 0. The minimum Gasteiger partial charge on any atom is -0.447 e. The van der Waals surface area contributed by atoms with E-state index in [9.17, 15) is 14.9 Å². The number of cyclic esters (lactones) is 1. The van der Waals surface area contributed by atoms with Crippen LogP contribution in [-0.2, 0) is 4.74 Å². The maximum atomic E-state index is 12.5. The molecular formula is C18H24N2O4. The van der Waals surface area contributed by atoms with Gasteiger partial charge < -0.3 is 4.74 Å². The van der Waals surface area contributed by atoms with Gasteiger partial charge in [0.25, 0.3) is 0 Å². The second-order valence-corrected chi connectivity index (χ2v) is 6.83. The van der Waals surface area contributed by atoms with Crippen molar-refractivity contribution < 1.29 is 14.5 Å². The van der Waals surface area contributed by atoms with E-state index in [4.69, 9.17) is 4.74 Å². The molecule has 0 N–H and O–H groups in total. The Morgan fingerprint density at radius 1 is 1.21 bits per heavy atom. The molecule has 2 aliphatic rings. The van der Waals surface area contributed by atoms with Crippen LogP contribution in [0.2, 0.25) is 0 Å². The smallest absolute Gasteiger partial charge is 0.410 e. The van der Waals surface area contributed by atoms with Gasteiger partial charge in [0, 0.05) is 11.8 Å². The number of nitrogens with zero attached hydrogens (tertiary/aromatic N) is 2. The van der Waals surface area contributed by atoms with E-state index in [1.807, 2.05) is 30.3 Å². The number of rotatable bonds is 5. The van der Waals surface area contributed by atoms with Crippen LogP contribution < -0.4 is 0 Å². The number of nitro groups is 1. The molecule has 0 radical (unpaired) electrons. The summed E-state index contributed by atoms with van der Waals surface area (Å²) in [6, 6.07) is 8.21. The third-order valence-electron chi connectivity index (χ3n) is 5.38. The third-order valence-corrected chi connectivity index (χ3v) is 5.38. The number of hydrogen-bond donors (Lipinski definition) is 0. The van der Waals surface area contributed by atoms with Gasteiger partial charge >= 0.3 is 6.09 Å². The summed E-state index contributed by atoms with van der Waals surface area (Å²) in [5.74, 6) is 0.163. The van der Waals surface area contributed by atoms with Crippen molar-refractivity contribution in [3.8, 4) is 0 Å². The van der Waals surface area contributed by atoms with Crippen molar-refractivity contribution >= 4 is 6.09 Å². The monoisotopic (exact) mass is 332 g/mol. The molecule has 1 aromatic rings. The quantitative estimate of drug-likeness (QED) is 0.607. The molecule has 0 unspecified atom stereocenters. The lowest BCUT2D eigenvalue weighted by Gasteiger charge is -2.38. The largest absolute Gasteiger partial charge is 0.447 e. The molecule has 1 saturated heterocycles. The maximum absolute atomic E-state index is 12.5. The molecule has 1 amide bonds. The summed E-state index contributed by atoms with van der Waals surface area (Å²) in [5, 5.41) is 11.5. The molecule has 0 spiro atoms. The molecule has 0 aromatic heterocycles. The van der Waals surface area contributed by atoms with Crippen LogP contribution in [-0.4, -0.2) is 34.6 Å². The zero-order valence-electron chi connectivity index (χ0n) is 14.0. The van der Waals surface area contributed by atoms with Crippen molar-refractivity contribution in [1.29, 1.82) is 0 Å². The lowest BCUT2D eigenvalue weighted by atomic mass is 9.80. The van der Waals surface area contributed by atoms with Crippen molar-refractivity contribution in [2.45, 2.75) is 57.2 Å². The number of hydrogen-bond acceptors (Lipinski definition) is 4. The number of amides is 1. The van der Waals surface area contributed by atoms with E-state index < -0.39 is 18.2 Å². The number of benzene rings is 1. The number of ether oxygens (including phenoxy) is 1. The van der Waals surface area contributed by atoms with Crippen molar-refractivity contribution in [3.63, 3.8) is 0 Å². The molecule has 6 heteroatoms. The molecule has 1 heterocycles. The van der Waals surface area contributed by atoms with Crippen LogP contribution in [0, 0.1) is 16.0 Å². The Morgan fingerprint density at radius 3 is 2.50 bits per heavy atom. The third kappa shape index (κ3) is 3.23. The van der Waals surface area contributed by atoms with Gasteiger partial charge in [0.15, 0.2) is 0 Å². The van der Waals surface area contributed by atoms with Gasteiger partial charge in [-0.25, -0.2) is 4.79 Å². The zero-order valence-corrected chi connectivity index (χ0v) is 14.0. The first-order valence-electron chi connectivity index (χ1n) is 8.73. The molecule has 6 nitrogen and oxygen atoms in total. The Labute approximate surface area is 141 Å². The van der Waals surface area contributed by atoms with Gasteiger partial charge in [-0.05, 0) is 24.3 Å². The normalized spacial score (nSPS) is 24.5. The van der Waals surface area contributed by atoms with E-state index in [0.717, 1.165) is 31.2 Å². The van der Waals surface area contributed by atoms with E-state index in [0.29, 0.717) is 0 Å². The minimum absolute atomic E-state index is 0.163. The number of carbonyl (C=O) groups excluding carboxylic acids is 1. The van der Waals surface area contributed by atoms with E-state index in [2.05, 4.69) is 0 Å². The van der Waals surface area contributed by atoms with Crippen LogP contribution in [0.5, 0.6) is 0 Å². The molecule has 24 heavy (non-hydrogen) atoms. The fourth-order valence-corrected chi connectivity index (χ4v) is 4.15. The van der Waals surface area contributed by atoms with E-state index >= 15 is 0 Å². The first kappa shape index (κ1) is 16.7. The zero-order chi connectivity index (χ0) is 17.1. The predicted molar refractivity (Wildman–Crippen MR) is 89.2 cm³/mol. The summed E-state index contributed by atoms with van der Waals surface area (Å²) in [6.07, 6.45) is 4.77. The SMILES string of the molecule is C[C@@H]([C@H](C1CCCCC1)N1C(=O)OC[C@H]1c1ccccc1)[N+](=O)[O-]. The van der Waals surface area contributed by atoms with Gasteiger partial charge in [-0.15, -0.1) is 0 Å². The predicted octanol–water partition coefficient (Wildman–Crippen LogP) is 3.79. The van der Waals surface area contributed by atoms with Gasteiger partial charge in [0.1, 0.15) is 12.6 Å². The van der Waals surface area contributed by atoms with Crippen molar-refractivity contribution in [2.24, 2.45) is 5.92 Å². The van der Waals surface area contributed by atoms with Crippen LogP contribution in [0.4, 0.5) is 4.79 Å². The first-order chi connectivity index (χ1) is 11.6. The van der Waals surface area contributed by atoms with E-state index in [1.54, 1.807) is 11.8 Å². The fourth-order valence-electron chi connectivity index (χ4n) is 4.15. The van der Waals surface area contributed by atoms with Gasteiger partial charge in [0.05, 0.1) is 6.04 Å². The van der Waals surface area contributed by atoms with Crippen LogP contribution in [0.25, 0.3) is 0 Å². The summed E-state index contributed by atoms with van der Waals surface area (Å²) < 4.78 is 5.30. The minimum atomic E-state index is -0.801. The van der Waals surface area contributed by atoms with Crippen molar-refractivity contribution in [2.75, 3.05) is 6.61 Å². The maximum Gasteiger partial charge on any atom is 0.410 e. The highest BCUT2D eigenvalue weighted by Gasteiger charge is 2.48. The van der Waals surface area contributed by atoms with Crippen LogP contribution >= 0.6 is 0 Å².